The summed E-state index contributed by atoms with van der Waals surface area (Å²) in [7, 11) is 0. The summed E-state index contributed by atoms with van der Waals surface area (Å²) in [5.74, 6) is 0. The maximum atomic E-state index is 5.71. The third-order valence-corrected chi connectivity index (χ3v) is 3.96. The molecule has 0 unspecified atom stereocenters. The van der Waals surface area contributed by atoms with Gasteiger partial charge in [-0.1, -0.05) is 17.7 Å². The SMILES string of the molecule is Cl.Clc1ccc(CNCc2cc(Br)cs2)cn1. The van der Waals surface area contributed by atoms with E-state index in [0.717, 1.165) is 23.1 Å². The number of nitrogens with zero attached hydrogens (tertiary/aromatic N) is 1. The number of hydrogen-bond donors (Lipinski definition) is 1. The smallest absolute Gasteiger partial charge is 0.129 e. The van der Waals surface area contributed by atoms with Gasteiger partial charge in [0.1, 0.15) is 5.15 Å². The molecule has 6 heteroatoms. The van der Waals surface area contributed by atoms with E-state index in [1.54, 1.807) is 23.6 Å². The molecule has 1 N–H and O–H groups in total. The second-order valence-corrected chi connectivity index (χ2v) is 5.62. The molecule has 0 spiro atoms. The van der Waals surface area contributed by atoms with Gasteiger partial charge in [-0.25, -0.2) is 4.98 Å². The molecule has 2 aromatic heterocycles. The highest BCUT2D eigenvalue weighted by Crippen LogP contribution is 2.19. The molecular formula is C11H11BrCl2N2S. The summed E-state index contributed by atoms with van der Waals surface area (Å²) in [5.41, 5.74) is 1.14. The van der Waals surface area contributed by atoms with Gasteiger partial charge >= 0.3 is 0 Å². The minimum absolute atomic E-state index is 0. The van der Waals surface area contributed by atoms with E-state index in [-0.39, 0.29) is 12.4 Å². The van der Waals surface area contributed by atoms with Crippen molar-refractivity contribution in [2.24, 2.45) is 0 Å². The largest absolute Gasteiger partial charge is 0.308 e. The van der Waals surface area contributed by atoms with Gasteiger partial charge in [-0.05, 0) is 33.6 Å². The van der Waals surface area contributed by atoms with Crippen LogP contribution in [0.3, 0.4) is 0 Å². The highest BCUT2D eigenvalue weighted by Gasteiger charge is 1.98. The zero-order valence-corrected chi connectivity index (χ0v) is 12.8. The minimum Gasteiger partial charge on any atom is -0.308 e. The second-order valence-electron chi connectivity index (χ2n) is 3.32. The first kappa shape index (κ1) is 14.9. The van der Waals surface area contributed by atoms with E-state index >= 15 is 0 Å². The molecule has 0 aliphatic heterocycles. The summed E-state index contributed by atoms with van der Waals surface area (Å²) in [4.78, 5) is 5.34. The topological polar surface area (TPSA) is 24.9 Å². The average Bonchev–Trinajstić information content (AvgIpc) is 2.67. The third-order valence-electron chi connectivity index (χ3n) is 2.04. The fourth-order valence-electron chi connectivity index (χ4n) is 1.29. The van der Waals surface area contributed by atoms with Gasteiger partial charge in [0.2, 0.25) is 0 Å². The van der Waals surface area contributed by atoms with Gasteiger partial charge in [-0.15, -0.1) is 23.7 Å². The number of halogens is 3. The normalized spacial score (nSPS) is 10.0. The highest BCUT2D eigenvalue weighted by molar-refractivity contribution is 9.10. The van der Waals surface area contributed by atoms with Crippen LogP contribution < -0.4 is 5.32 Å². The molecule has 0 aliphatic carbocycles. The molecule has 0 aromatic carbocycles. The molecule has 0 atom stereocenters. The molecule has 0 aliphatic rings. The van der Waals surface area contributed by atoms with Gasteiger partial charge in [0.05, 0.1) is 0 Å². The summed E-state index contributed by atoms with van der Waals surface area (Å²) < 4.78 is 1.14. The fourth-order valence-corrected chi connectivity index (χ4v) is 2.82. The van der Waals surface area contributed by atoms with Crippen molar-refractivity contribution in [3.8, 4) is 0 Å². The Labute approximate surface area is 124 Å². The summed E-state index contributed by atoms with van der Waals surface area (Å²) in [6.07, 6.45) is 1.79. The van der Waals surface area contributed by atoms with E-state index in [9.17, 15) is 0 Å². The Morgan fingerprint density at radius 3 is 2.76 bits per heavy atom. The quantitative estimate of drug-likeness (QED) is 0.830. The Morgan fingerprint density at radius 1 is 1.35 bits per heavy atom. The monoisotopic (exact) mass is 352 g/mol. The van der Waals surface area contributed by atoms with Crippen LogP contribution in [0.15, 0.2) is 34.2 Å². The van der Waals surface area contributed by atoms with Crippen LogP contribution in [0.4, 0.5) is 0 Å². The zero-order valence-electron chi connectivity index (χ0n) is 8.82. The van der Waals surface area contributed by atoms with Crippen LogP contribution in [0.2, 0.25) is 5.15 Å². The number of nitrogens with one attached hydrogen (secondary N) is 1. The highest BCUT2D eigenvalue weighted by atomic mass is 79.9. The minimum atomic E-state index is 0. The number of thiophene rings is 1. The molecule has 17 heavy (non-hydrogen) atoms. The molecule has 0 bridgehead atoms. The van der Waals surface area contributed by atoms with Crippen LogP contribution >= 0.6 is 51.3 Å². The lowest BCUT2D eigenvalue weighted by Crippen LogP contribution is -2.11. The number of pyridine rings is 1. The summed E-state index contributed by atoms with van der Waals surface area (Å²) in [6, 6.07) is 5.91. The summed E-state index contributed by atoms with van der Waals surface area (Å²) >= 11 is 10.9. The number of rotatable bonds is 4. The van der Waals surface area contributed by atoms with Gasteiger partial charge in [0, 0.05) is 34.0 Å². The van der Waals surface area contributed by atoms with E-state index in [1.807, 2.05) is 6.07 Å². The van der Waals surface area contributed by atoms with E-state index in [0.29, 0.717) is 5.15 Å². The van der Waals surface area contributed by atoms with Crippen molar-refractivity contribution in [3.63, 3.8) is 0 Å². The van der Waals surface area contributed by atoms with Crippen LogP contribution in [-0.4, -0.2) is 4.98 Å². The number of aromatic nitrogens is 1. The molecule has 0 fully saturated rings. The van der Waals surface area contributed by atoms with Crippen molar-refractivity contribution < 1.29 is 0 Å². The zero-order chi connectivity index (χ0) is 11.4. The first-order chi connectivity index (χ1) is 7.74. The lowest BCUT2D eigenvalue weighted by Gasteiger charge is -2.02. The maximum Gasteiger partial charge on any atom is 0.129 e. The average molecular weight is 354 g/mol. The molecule has 0 saturated heterocycles. The predicted molar refractivity (Wildman–Crippen MR) is 79.1 cm³/mol. The predicted octanol–water partition coefficient (Wildman–Crippen LogP) is 4.27. The molecule has 2 rings (SSSR count). The third kappa shape index (κ3) is 4.94. The molecule has 2 nitrogen and oxygen atoms in total. The molecule has 2 aromatic rings. The van der Waals surface area contributed by atoms with Crippen molar-refractivity contribution in [1.82, 2.24) is 10.3 Å². The first-order valence-electron chi connectivity index (χ1n) is 4.78. The van der Waals surface area contributed by atoms with Crippen molar-refractivity contribution in [3.05, 3.63) is 49.8 Å². The van der Waals surface area contributed by atoms with Gasteiger partial charge in [-0.2, -0.15) is 0 Å². The van der Waals surface area contributed by atoms with Crippen molar-refractivity contribution in [2.75, 3.05) is 0 Å². The summed E-state index contributed by atoms with van der Waals surface area (Å²) in [5, 5.41) is 5.97. The molecule has 2 heterocycles. The molecule has 0 amide bonds. The molecule has 0 radical (unpaired) electrons. The van der Waals surface area contributed by atoms with E-state index in [4.69, 9.17) is 11.6 Å². The van der Waals surface area contributed by atoms with Crippen LogP contribution in [0, 0.1) is 0 Å². The van der Waals surface area contributed by atoms with E-state index < -0.39 is 0 Å². The standard InChI is InChI=1S/C11H10BrClN2S.ClH/c12-9-3-10(16-7-9)6-14-4-8-1-2-11(13)15-5-8;/h1-3,5,7,14H,4,6H2;1H. The molecular weight excluding hydrogens is 343 g/mol. The van der Waals surface area contributed by atoms with Crippen molar-refractivity contribution in [2.45, 2.75) is 13.1 Å². The fraction of sp³-hybridized carbons (Fsp3) is 0.182. The first-order valence-corrected chi connectivity index (χ1v) is 6.83. The van der Waals surface area contributed by atoms with Gasteiger partial charge < -0.3 is 5.32 Å². The van der Waals surface area contributed by atoms with E-state index in [2.05, 4.69) is 37.7 Å². The Hall–Kier alpha value is -0.130. The van der Waals surface area contributed by atoms with Crippen LogP contribution in [0.25, 0.3) is 0 Å². The van der Waals surface area contributed by atoms with Gasteiger partial charge in [0.15, 0.2) is 0 Å². The van der Waals surface area contributed by atoms with E-state index in [1.165, 1.54) is 4.88 Å². The summed E-state index contributed by atoms with van der Waals surface area (Å²) in [6.45, 7) is 1.68. The molecule has 0 saturated carbocycles. The Kier molecular flexibility index (Phi) is 6.44. The van der Waals surface area contributed by atoms with Crippen molar-refractivity contribution >= 4 is 51.3 Å². The maximum absolute atomic E-state index is 5.71. The Bertz CT molecular complexity index is 459. The lowest BCUT2D eigenvalue weighted by molar-refractivity contribution is 0.699. The molecule has 92 valence electrons. The van der Waals surface area contributed by atoms with Crippen LogP contribution in [0.1, 0.15) is 10.4 Å². The van der Waals surface area contributed by atoms with Crippen LogP contribution in [-0.2, 0) is 13.1 Å². The van der Waals surface area contributed by atoms with Crippen molar-refractivity contribution in [1.29, 1.82) is 0 Å². The van der Waals surface area contributed by atoms with Gasteiger partial charge in [-0.3, -0.25) is 0 Å². The van der Waals surface area contributed by atoms with Gasteiger partial charge in [0.25, 0.3) is 0 Å². The van der Waals surface area contributed by atoms with Crippen LogP contribution in [0.5, 0.6) is 0 Å². The lowest BCUT2D eigenvalue weighted by atomic mass is 10.3. The Morgan fingerprint density at radius 2 is 2.18 bits per heavy atom. The number of hydrogen-bond acceptors (Lipinski definition) is 3. The second kappa shape index (κ2) is 7.34. The Balaban J connectivity index is 0.00000144.